The van der Waals surface area contributed by atoms with E-state index in [1.165, 1.54) is 7.11 Å². The normalized spacial score (nSPS) is 15.9. The van der Waals surface area contributed by atoms with Gasteiger partial charge >= 0.3 is 0 Å². The van der Waals surface area contributed by atoms with Crippen molar-refractivity contribution in [2.45, 2.75) is 32.0 Å². The first-order valence-corrected chi connectivity index (χ1v) is 10.2. The average Bonchev–Trinajstić information content (AvgIpc) is 3.25. The Morgan fingerprint density at radius 2 is 1.45 bits per heavy atom. The van der Waals surface area contributed by atoms with Crippen molar-refractivity contribution in [3.8, 4) is 23.0 Å². The highest BCUT2D eigenvalue weighted by molar-refractivity contribution is 6.10. The first-order valence-electron chi connectivity index (χ1n) is 10.2. The zero-order chi connectivity index (χ0) is 22.6. The molecule has 7 heteroatoms. The molecule has 0 N–H and O–H groups in total. The van der Waals surface area contributed by atoms with Crippen LogP contribution in [0.15, 0.2) is 30.3 Å². The maximum absolute atomic E-state index is 13.7. The molecule has 0 bridgehead atoms. The monoisotopic (exact) mass is 430 g/mol. The first-order chi connectivity index (χ1) is 14.9. The van der Waals surface area contributed by atoms with Gasteiger partial charge in [-0.05, 0) is 49.2 Å². The van der Waals surface area contributed by atoms with Crippen LogP contribution in [0.4, 0.5) is 0 Å². The molecule has 7 nitrogen and oxygen atoms in total. The van der Waals surface area contributed by atoms with Crippen molar-refractivity contribution in [3.63, 3.8) is 0 Å². The van der Waals surface area contributed by atoms with Crippen molar-refractivity contribution < 1.29 is 33.2 Å². The Bertz CT molecular complexity index is 932. The van der Waals surface area contributed by atoms with Crippen molar-refractivity contribution in [2.24, 2.45) is 0 Å². The summed E-state index contributed by atoms with van der Waals surface area (Å²) in [6.07, 6.45) is 0.707. The molecule has 1 unspecified atom stereocenters. The average molecular weight is 430 g/mol. The summed E-state index contributed by atoms with van der Waals surface area (Å²) in [6, 6.07) is 8.67. The molecule has 1 aliphatic heterocycles. The van der Waals surface area contributed by atoms with Crippen LogP contribution in [0.3, 0.4) is 0 Å². The highest BCUT2D eigenvalue weighted by atomic mass is 16.7. The maximum Gasteiger partial charge on any atom is 0.193 e. The van der Waals surface area contributed by atoms with Crippen molar-refractivity contribution >= 4 is 5.78 Å². The van der Waals surface area contributed by atoms with Crippen LogP contribution in [0.1, 0.15) is 47.7 Å². The Hall–Kier alpha value is -2.77. The highest BCUT2D eigenvalue weighted by Crippen LogP contribution is 2.43. The van der Waals surface area contributed by atoms with E-state index in [2.05, 4.69) is 0 Å². The predicted octanol–water partition coefficient (Wildman–Crippen LogP) is 4.21. The van der Waals surface area contributed by atoms with Gasteiger partial charge in [0.25, 0.3) is 0 Å². The first kappa shape index (κ1) is 22.9. The quantitative estimate of drug-likeness (QED) is 0.552. The Morgan fingerprint density at radius 3 is 2.00 bits per heavy atom. The summed E-state index contributed by atoms with van der Waals surface area (Å²) >= 11 is 0. The number of rotatable bonds is 9. The smallest absolute Gasteiger partial charge is 0.193 e. The summed E-state index contributed by atoms with van der Waals surface area (Å²) in [4.78, 5) is 13.7. The topological polar surface area (TPSA) is 72.5 Å². The molecule has 2 aromatic carbocycles. The fourth-order valence-corrected chi connectivity index (χ4v) is 4.12. The molecule has 1 atom stereocenters. The second kappa shape index (κ2) is 9.58. The van der Waals surface area contributed by atoms with E-state index in [9.17, 15) is 4.79 Å². The summed E-state index contributed by atoms with van der Waals surface area (Å²) in [7, 11) is 6.21. The molecule has 3 rings (SSSR count). The highest BCUT2D eigenvalue weighted by Gasteiger charge is 2.41. The van der Waals surface area contributed by atoms with Crippen molar-refractivity contribution in [3.05, 3.63) is 47.0 Å². The van der Waals surface area contributed by atoms with Gasteiger partial charge in [-0.25, -0.2) is 0 Å². The second-order valence-corrected chi connectivity index (χ2v) is 7.37. The van der Waals surface area contributed by atoms with E-state index >= 15 is 0 Å². The predicted molar refractivity (Wildman–Crippen MR) is 116 cm³/mol. The van der Waals surface area contributed by atoms with Crippen LogP contribution in [0.2, 0.25) is 0 Å². The van der Waals surface area contributed by atoms with Gasteiger partial charge in [0.15, 0.2) is 34.6 Å². The van der Waals surface area contributed by atoms with Crippen LogP contribution in [0.25, 0.3) is 0 Å². The molecule has 0 spiro atoms. The molecule has 0 radical (unpaired) electrons. The lowest BCUT2D eigenvalue weighted by molar-refractivity contribution is -0.160. The van der Waals surface area contributed by atoms with Crippen LogP contribution in [0.5, 0.6) is 23.0 Å². The van der Waals surface area contributed by atoms with E-state index in [4.69, 9.17) is 28.4 Å². The Morgan fingerprint density at radius 1 is 0.903 bits per heavy atom. The summed E-state index contributed by atoms with van der Waals surface area (Å²) in [5, 5.41) is 0. The third kappa shape index (κ3) is 4.34. The molecular weight excluding hydrogens is 400 g/mol. The maximum atomic E-state index is 13.7. The fraction of sp³-hybridized carbons (Fsp3) is 0.458. The lowest BCUT2D eigenvalue weighted by atomic mass is 9.83. The molecule has 0 aromatic heterocycles. The zero-order valence-electron chi connectivity index (χ0n) is 18.9. The van der Waals surface area contributed by atoms with Gasteiger partial charge in [0.2, 0.25) is 0 Å². The van der Waals surface area contributed by atoms with E-state index in [-0.39, 0.29) is 11.7 Å². The minimum atomic E-state index is -0.832. The summed E-state index contributed by atoms with van der Waals surface area (Å²) < 4.78 is 33.6. The standard InChI is InChI=1S/C24H30O7/c1-7-18(24(2)30-10-11-31-24)16-13-21(28-5)22(29-6)14-17(16)23(25)15-8-9-19(26-3)20(12-15)27-4/h8-9,12-14,18H,7,10-11H2,1-6H3. The number of benzene rings is 2. The summed E-state index contributed by atoms with van der Waals surface area (Å²) in [5.41, 5.74) is 1.75. The molecule has 0 saturated carbocycles. The number of ketones is 1. The second-order valence-electron chi connectivity index (χ2n) is 7.37. The lowest BCUT2D eigenvalue weighted by Gasteiger charge is -2.33. The van der Waals surface area contributed by atoms with Crippen LogP contribution in [0, 0.1) is 0 Å². The number of methoxy groups -OCH3 is 4. The SMILES string of the molecule is CCC(c1cc(OC)c(OC)cc1C(=O)c1ccc(OC)c(OC)c1)C1(C)OCCO1. The van der Waals surface area contributed by atoms with Gasteiger partial charge in [-0.3, -0.25) is 4.79 Å². The van der Waals surface area contributed by atoms with Crippen LogP contribution in [-0.4, -0.2) is 53.2 Å². The van der Waals surface area contributed by atoms with Gasteiger partial charge in [-0.15, -0.1) is 0 Å². The molecular formula is C24H30O7. The molecule has 168 valence electrons. The van der Waals surface area contributed by atoms with Gasteiger partial charge in [-0.1, -0.05) is 6.92 Å². The third-order valence-electron chi connectivity index (χ3n) is 5.72. The van der Waals surface area contributed by atoms with Crippen LogP contribution < -0.4 is 18.9 Å². The third-order valence-corrected chi connectivity index (χ3v) is 5.72. The number of hydrogen-bond donors (Lipinski definition) is 0. The van der Waals surface area contributed by atoms with Gasteiger partial charge in [0.05, 0.1) is 41.7 Å². The number of carbonyl (C=O) groups excluding carboxylic acids is 1. The minimum absolute atomic E-state index is 0.169. The Balaban J connectivity index is 2.17. The molecule has 0 amide bonds. The van der Waals surface area contributed by atoms with Crippen molar-refractivity contribution in [1.82, 2.24) is 0 Å². The molecule has 1 fully saturated rings. The Labute approximate surface area is 183 Å². The van der Waals surface area contributed by atoms with Crippen molar-refractivity contribution in [1.29, 1.82) is 0 Å². The molecule has 1 saturated heterocycles. The minimum Gasteiger partial charge on any atom is -0.493 e. The zero-order valence-corrected chi connectivity index (χ0v) is 18.9. The van der Waals surface area contributed by atoms with Gasteiger partial charge in [-0.2, -0.15) is 0 Å². The van der Waals surface area contributed by atoms with Crippen LogP contribution in [-0.2, 0) is 9.47 Å². The molecule has 1 aliphatic rings. The van der Waals surface area contributed by atoms with E-state index < -0.39 is 5.79 Å². The Kier molecular flexibility index (Phi) is 7.08. The van der Waals surface area contributed by atoms with Gasteiger partial charge in [0.1, 0.15) is 0 Å². The van der Waals surface area contributed by atoms with E-state index in [1.54, 1.807) is 45.6 Å². The van der Waals surface area contributed by atoms with E-state index in [0.29, 0.717) is 53.8 Å². The fourth-order valence-electron chi connectivity index (χ4n) is 4.12. The molecule has 0 aliphatic carbocycles. The van der Waals surface area contributed by atoms with E-state index in [0.717, 1.165) is 5.56 Å². The largest absolute Gasteiger partial charge is 0.493 e. The summed E-state index contributed by atoms with van der Waals surface area (Å²) in [6.45, 7) is 4.98. The van der Waals surface area contributed by atoms with Gasteiger partial charge in [0, 0.05) is 17.0 Å². The molecule has 2 aromatic rings. The van der Waals surface area contributed by atoms with Gasteiger partial charge < -0.3 is 28.4 Å². The number of hydrogen-bond acceptors (Lipinski definition) is 7. The van der Waals surface area contributed by atoms with Crippen molar-refractivity contribution in [2.75, 3.05) is 41.7 Å². The lowest BCUT2D eigenvalue weighted by Crippen LogP contribution is -2.34. The number of ether oxygens (including phenoxy) is 6. The molecule has 1 heterocycles. The van der Waals surface area contributed by atoms with E-state index in [1.807, 2.05) is 19.9 Å². The van der Waals surface area contributed by atoms with Crippen LogP contribution >= 0.6 is 0 Å². The number of carbonyl (C=O) groups is 1. The molecule has 31 heavy (non-hydrogen) atoms. The summed E-state index contributed by atoms with van der Waals surface area (Å²) in [5.74, 6) is 0.867.